The highest BCUT2D eigenvalue weighted by molar-refractivity contribution is 7.10. The third kappa shape index (κ3) is 5.29. The van der Waals surface area contributed by atoms with Gasteiger partial charge in [-0.25, -0.2) is 4.79 Å². The summed E-state index contributed by atoms with van der Waals surface area (Å²) in [5.74, 6) is 1.38. The van der Waals surface area contributed by atoms with Crippen molar-refractivity contribution in [1.29, 1.82) is 0 Å². The van der Waals surface area contributed by atoms with Crippen molar-refractivity contribution in [2.24, 2.45) is 5.92 Å². The molecular formula is C28H33N2O3S+. The van der Waals surface area contributed by atoms with Gasteiger partial charge in [-0.05, 0) is 47.7 Å². The number of benzene rings is 2. The maximum Gasteiger partial charge on any atom is 0.412 e. The summed E-state index contributed by atoms with van der Waals surface area (Å²) in [6, 6.07) is 20.1. The summed E-state index contributed by atoms with van der Waals surface area (Å²) < 4.78 is 13.0. The first kappa shape index (κ1) is 22.9. The van der Waals surface area contributed by atoms with Gasteiger partial charge in [0.1, 0.15) is 25.4 Å². The number of aryl methyl sites for hydroxylation is 1. The van der Waals surface area contributed by atoms with Gasteiger partial charge < -0.3 is 14.0 Å². The number of nitrogens with zero attached hydrogens (tertiary/aromatic N) is 1. The van der Waals surface area contributed by atoms with E-state index in [0.29, 0.717) is 12.5 Å². The predicted octanol–water partition coefficient (Wildman–Crippen LogP) is 5.88. The molecule has 3 saturated heterocycles. The van der Waals surface area contributed by atoms with Crippen LogP contribution in [0, 0.1) is 12.8 Å². The molecule has 0 radical (unpaired) electrons. The second-order valence-corrected chi connectivity index (χ2v) is 10.6. The number of hydrogen-bond acceptors (Lipinski definition) is 4. The van der Waals surface area contributed by atoms with Gasteiger partial charge in [0.05, 0.1) is 13.1 Å². The summed E-state index contributed by atoms with van der Waals surface area (Å²) in [4.78, 5) is 14.2. The monoisotopic (exact) mass is 477 g/mol. The minimum atomic E-state index is -0.340. The van der Waals surface area contributed by atoms with Crippen molar-refractivity contribution in [3.8, 4) is 5.75 Å². The molecule has 6 rings (SSSR count). The molecule has 1 atom stereocenters. The van der Waals surface area contributed by atoms with Gasteiger partial charge in [-0.1, -0.05) is 36.4 Å². The summed E-state index contributed by atoms with van der Waals surface area (Å²) in [6.45, 7) is 6.94. The Morgan fingerprint density at radius 3 is 2.59 bits per heavy atom. The Morgan fingerprint density at radius 1 is 1.06 bits per heavy atom. The Balaban J connectivity index is 1.18. The highest BCUT2D eigenvalue weighted by atomic mass is 32.1. The lowest BCUT2D eigenvalue weighted by Crippen LogP contribution is -2.65. The van der Waals surface area contributed by atoms with Crippen LogP contribution in [0.15, 0.2) is 66.0 Å². The fraction of sp³-hybridized carbons (Fsp3) is 0.393. The summed E-state index contributed by atoms with van der Waals surface area (Å²) >= 11 is 1.76. The van der Waals surface area contributed by atoms with Crippen molar-refractivity contribution in [3.63, 3.8) is 0 Å². The second kappa shape index (κ2) is 10.2. The van der Waals surface area contributed by atoms with Crippen molar-refractivity contribution < 1.29 is 18.8 Å². The van der Waals surface area contributed by atoms with Crippen LogP contribution in [0.25, 0.3) is 0 Å². The Bertz CT molecular complexity index is 1110. The molecule has 3 aliphatic rings. The van der Waals surface area contributed by atoms with Crippen molar-refractivity contribution in [2.45, 2.75) is 32.3 Å². The molecule has 3 aliphatic heterocycles. The van der Waals surface area contributed by atoms with Crippen LogP contribution < -0.4 is 10.1 Å². The molecule has 0 aliphatic carbocycles. The molecule has 4 heterocycles. The van der Waals surface area contributed by atoms with E-state index in [0.717, 1.165) is 66.9 Å². The summed E-state index contributed by atoms with van der Waals surface area (Å²) in [5.41, 5.74) is 3.24. The number of amides is 1. The van der Waals surface area contributed by atoms with Crippen LogP contribution in [0.5, 0.6) is 5.75 Å². The standard InChI is InChI=1S/C28H32N2O3S/c1-21-13-18-34-27(21)19-23-7-5-6-10-25(23)29-28(31)33-26-20-30(14-11-22(26)12-15-30)16-17-32-24-8-3-2-4-9-24/h2-10,13,18,22,26H,11-12,14-17,19-20H2,1H3/p+1. The van der Waals surface area contributed by atoms with E-state index >= 15 is 0 Å². The lowest BCUT2D eigenvalue weighted by molar-refractivity contribution is -0.946. The number of thiophene rings is 1. The minimum Gasteiger partial charge on any atom is -0.488 e. The van der Waals surface area contributed by atoms with Crippen molar-refractivity contribution in [1.82, 2.24) is 0 Å². The fourth-order valence-electron chi connectivity index (χ4n) is 5.37. The van der Waals surface area contributed by atoms with Crippen LogP contribution in [0.2, 0.25) is 0 Å². The number of carbonyl (C=O) groups is 1. The Hall–Kier alpha value is -2.83. The number of fused-ring (bicyclic) bond motifs is 3. The van der Waals surface area contributed by atoms with Crippen molar-refractivity contribution in [3.05, 3.63) is 82.0 Å². The third-order valence-electron chi connectivity index (χ3n) is 7.45. The average Bonchev–Trinajstić information content (AvgIpc) is 3.26. The highest BCUT2D eigenvalue weighted by Gasteiger charge is 2.47. The van der Waals surface area contributed by atoms with E-state index in [1.54, 1.807) is 11.3 Å². The van der Waals surface area contributed by atoms with Crippen LogP contribution in [-0.2, 0) is 11.2 Å². The summed E-state index contributed by atoms with van der Waals surface area (Å²) in [5, 5.41) is 5.16. The van der Waals surface area contributed by atoms with Gasteiger partial charge in [0.2, 0.25) is 0 Å². The van der Waals surface area contributed by atoms with Crippen LogP contribution >= 0.6 is 11.3 Å². The quantitative estimate of drug-likeness (QED) is 0.412. The zero-order chi connectivity index (χ0) is 23.4. The number of rotatable bonds is 8. The number of ether oxygens (including phenoxy) is 2. The molecule has 2 aromatic carbocycles. The zero-order valence-corrected chi connectivity index (χ0v) is 20.6. The number of quaternary nitrogens is 1. The number of para-hydroxylation sites is 2. The largest absolute Gasteiger partial charge is 0.488 e. The van der Waals surface area contributed by atoms with Crippen molar-refractivity contribution >= 4 is 23.1 Å². The highest BCUT2D eigenvalue weighted by Crippen LogP contribution is 2.36. The Labute approximate surface area is 205 Å². The first-order valence-electron chi connectivity index (χ1n) is 12.2. The van der Waals surface area contributed by atoms with Gasteiger partial charge in [-0.3, -0.25) is 5.32 Å². The SMILES string of the molecule is Cc1ccsc1Cc1ccccc1NC(=O)OC1C[N+]2(CCOc3ccccc3)CCC1CC2. The van der Waals surface area contributed by atoms with E-state index in [1.807, 2.05) is 48.5 Å². The molecule has 1 N–H and O–H groups in total. The molecule has 1 aromatic heterocycles. The summed E-state index contributed by atoms with van der Waals surface area (Å²) in [7, 11) is 0. The molecule has 34 heavy (non-hydrogen) atoms. The van der Waals surface area contributed by atoms with Gasteiger partial charge in [-0.15, -0.1) is 11.3 Å². The summed E-state index contributed by atoms with van der Waals surface area (Å²) in [6.07, 6.45) is 2.65. The van der Waals surface area contributed by atoms with E-state index in [-0.39, 0.29) is 12.2 Å². The van der Waals surface area contributed by atoms with E-state index in [1.165, 1.54) is 10.4 Å². The van der Waals surface area contributed by atoms with Crippen LogP contribution in [0.3, 0.4) is 0 Å². The topological polar surface area (TPSA) is 47.6 Å². The first-order valence-corrected chi connectivity index (χ1v) is 13.1. The minimum absolute atomic E-state index is 0.0362. The van der Waals surface area contributed by atoms with E-state index in [2.05, 4.69) is 29.8 Å². The Morgan fingerprint density at radius 2 is 1.82 bits per heavy atom. The number of carbonyl (C=O) groups excluding carboxylic acids is 1. The molecule has 5 nitrogen and oxygen atoms in total. The number of hydrogen-bond donors (Lipinski definition) is 1. The van der Waals surface area contributed by atoms with Crippen LogP contribution in [0.1, 0.15) is 28.8 Å². The molecule has 2 bridgehead atoms. The maximum absolute atomic E-state index is 12.9. The van der Waals surface area contributed by atoms with Gasteiger partial charge in [0, 0.05) is 35.7 Å². The molecule has 1 unspecified atom stereocenters. The molecule has 178 valence electrons. The van der Waals surface area contributed by atoms with Crippen molar-refractivity contribution in [2.75, 3.05) is 38.1 Å². The Kier molecular flexibility index (Phi) is 6.88. The molecular weight excluding hydrogens is 444 g/mol. The number of nitrogens with one attached hydrogen (secondary N) is 1. The van der Waals surface area contributed by atoms with Gasteiger partial charge in [0.15, 0.2) is 6.10 Å². The van der Waals surface area contributed by atoms with E-state index in [4.69, 9.17) is 9.47 Å². The molecule has 6 heteroatoms. The zero-order valence-electron chi connectivity index (χ0n) is 19.7. The molecule has 1 amide bonds. The van der Waals surface area contributed by atoms with E-state index in [9.17, 15) is 4.79 Å². The molecule has 0 spiro atoms. The molecule has 0 saturated carbocycles. The van der Waals surface area contributed by atoms with Gasteiger partial charge >= 0.3 is 6.09 Å². The van der Waals surface area contributed by atoms with E-state index < -0.39 is 0 Å². The normalized spacial score (nSPS) is 23.4. The smallest absolute Gasteiger partial charge is 0.412 e. The third-order valence-corrected chi connectivity index (χ3v) is 8.47. The maximum atomic E-state index is 12.9. The van der Waals surface area contributed by atoms with Crippen LogP contribution in [-0.4, -0.2) is 49.5 Å². The predicted molar refractivity (Wildman–Crippen MR) is 137 cm³/mol. The lowest BCUT2D eigenvalue weighted by Gasteiger charge is -2.51. The van der Waals surface area contributed by atoms with Gasteiger partial charge in [-0.2, -0.15) is 0 Å². The molecule has 3 fully saturated rings. The average molecular weight is 478 g/mol. The fourth-order valence-corrected chi connectivity index (χ4v) is 6.30. The lowest BCUT2D eigenvalue weighted by atomic mass is 9.83. The van der Waals surface area contributed by atoms with Gasteiger partial charge in [0.25, 0.3) is 0 Å². The molecule has 3 aromatic rings. The van der Waals surface area contributed by atoms with Crippen LogP contribution in [0.4, 0.5) is 10.5 Å². The number of piperidine rings is 3. The number of anilines is 1. The first-order chi connectivity index (χ1) is 16.6. The second-order valence-electron chi connectivity index (χ2n) is 9.62.